The summed E-state index contributed by atoms with van der Waals surface area (Å²) in [6, 6.07) is 16.9. The number of hydrogen-bond donors (Lipinski definition) is 0. The molecule has 1 saturated heterocycles. The molecule has 4 nitrogen and oxygen atoms in total. The van der Waals surface area contributed by atoms with Crippen molar-refractivity contribution in [3.05, 3.63) is 60.2 Å². The van der Waals surface area contributed by atoms with Crippen LogP contribution in [0.25, 0.3) is 0 Å². The molecule has 0 spiro atoms. The molecule has 1 heterocycles. The molecule has 0 unspecified atom stereocenters. The van der Waals surface area contributed by atoms with Crippen molar-refractivity contribution in [1.29, 1.82) is 0 Å². The van der Waals surface area contributed by atoms with Crippen LogP contribution in [0.1, 0.15) is 29.6 Å². The lowest BCUT2D eigenvalue weighted by atomic mass is 10.1. The van der Waals surface area contributed by atoms with Gasteiger partial charge in [0.1, 0.15) is 0 Å². The number of nitrogens with zero attached hydrogens (tertiary/aromatic N) is 3. The third-order valence-electron chi connectivity index (χ3n) is 3.79. The molecule has 0 bridgehead atoms. The fourth-order valence-electron chi connectivity index (χ4n) is 2.56. The van der Waals surface area contributed by atoms with Crippen molar-refractivity contribution < 1.29 is 4.79 Å². The van der Waals surface area contributed by atoms with Gasteiger partial charge in [0.25, 0.3) is 5.91 Å². The highest BCUT2D eigenvalue weighted by Gasteiger charge is 2.17. The number of rotatable bonds is 3. The zero-order chi connectivity index (χ0) is 15.2. The Hall–Kier alpha value is -2.49. The lowest BCUT2D eigenvalue weighted by molar-refractivity contribution is 0.0724. The molecule has 112 valence electrons. The smallest absolute Gasteiger partial charge is 0.253 e. The number of azo groups is 1. The van der Waals surface area contributed by atoms with E-state index in [2.05, 4.69) is 10.2 Å². The third-order valence-corrected chi connectivity index (χ3v) is 3.79. The van der Waals surface area contributed by atoms with Crippen LogP contribution in [0.15, 0.2) is 64.8 Å². The predicted octanol–water partition coefficient (Wildman–Crippen LogP) is 4.73. The second-order valence-electron chi connectivity index (χ2n) is 5.44. The summed E-state index contributed by atoms with van der Waals surface area (Å²) >= 11 is 0. The van der Waals surface area contributed by atoms with Gasteiger partial charge in [-0.05, 0) is 55.7 Å². The third kappa shape index (κ3) is 3.58. The molecule has 22 heavy (non-hydrogen) atoms. The summed E-state index contributed by atoms with van der Waals surface area (Å²) in [7, 11) is 0. The highest BCUT2D eigenvalue weighted by atomic mass is 16.2. The molecule has 4 heteroatoms. The second kappa shape index (κ2) is 6.98. The zero-order valence-electron chi connectivity index (χ0n) is 12.5. The summed E-state index contributed by atoms with van der Waals surface area (Å²) in [5, 5.41) is 8.36. The Kier molecular flexibility index (Phi) is 4.59. The SMILES string of the molecule is O=C(c1ccc(N=Nc2ccccc2)cc1)N1CCCCC1. The minimum Gasteiger partial charge on any atom is -0.339 e. The van der Waals surface area contributed by atoms with Crippen LogP contribution in [0, 0.1) is 0 Å². The summed E-state index contributed by atoms with van der Waals surface area (Å²) in [6.45, 7) is 1.74. The van der Waals surface area contributed by atoms with Gasteiger partial charge in [0.2, 0.25) is 0 Å². The minimum atomic E-state index is 0.117. The van der Waals surface area contributed by atoms with Crippen LogP contribution >= 0.6 is 0 Å². The summed E-state index contributed by atoms with van der Waals surface area (Å²) in [6.07, 6.45) is 3.44. The Labute approximate surface area is 130 Å². The molecule has 0 aliphatic carbocycles. The molecule has 0 aromatic heterocycles. The number of amides is 1. The Balaban J connectivity index is 1.67. The van der Waals surface area contributed by atoms with Gasteiger partial charge in [-0.15, -0.1) is 0 Å². The van der Waals surface area contributed by atoms with Gasteiger partial charge in [-0.2, -0.15) is 10.2 Å². The number of carbonyl (C=O) groups excluding carboxylic acids is 1. The molecule has 1 aliphatic rings. The number of hydrogen-bond acceptors (Lipinski definition) is 3. The van der Waals surface area contributed by atoms with Gasteiger partial charge in [-0.1, -0.05) is 18.2 Å². The zero-order valence-corrected chi connectivity index (χ0v) is 12.5. The normalized spacial score (nSPS) is 15.2. The van der Waals surface area contributed by atoms with Crippen molar-refractivity contribution in [2.45, 2.75) is 19.3 Å². The molecule has 0 atom stereocenters. The number of likely N-dealkylation sites (tertiary alicyclic amines) is 1. The molecular weight excluding hydrogens is 274 g/mol. The number of piperidine rings is 1. The molecule has 2 aromatic carbocycles. The van der Waals surface area contributed by atoms with E-state index in [4.69, 9.17) is 0 Å². The van der Waals surface area contributed by atoms with Gasteiger partial charge >= 0.3 is 0 Å². The average Bonchev–Trinajstić information content (AvgIpc) is 2.61. The van der Waals surface area contributed by atoms with Gasteiger partial charge in [0, 0.05) is 18.7 Å². The van der Waals surface area contributed by atoms with Crippen LogP contribution in [-0.2, 0) is 0 Å². The second-order valence-corrected chi connectivity index (χ2v) is 5.44. The molecule has 0 radical (unpaired) electrons. The minimum absolute atomic E-state index is 0.117. The number of carbonyl (C=O) groups is 1. The van der Waals surface area contributed by atoms with Gasteiger partial charge in [0.15, 0.2) is 0 Å². The molecule has 0 N–H and O–H groups in total. The molecular formula is C18H19N3O. The Morgan fingerprint density at radius 2 is 1.36 bits per heavy atom. The monoisotopic (exact) mass is 293 g/mol. The fraction of sp³-hybridized carbons (Fsp3) is 0.278. The van der Waals surface area contributed by atoms with Crippen LogP contribution in [0.3, 0.4) is 0 Å². The van der Waals surface area contributed by atoms with Crippen molar-refractivity contribution >= 4 is 17.3 Å². The van der Waals surface area contributed by atoms with Gasteiger partial charge in [-0.3, -0.25) is 4.79 Å². The van der Waals surface area contributed by atoms with E-state index in [-0.39, 0.29) is 5.91 Å². The van der Waals surface area contributed by atoms with E-state index in [0.717, 1.165) is 42.9 Å². The summed E-state index contributed by atoms with van der Waals surface area (Å²) in [5.41, 5.74) is 2.29. The highest BCUT2D eigenvalue weighted by Crippen LogP contribution is 2.19. The van der Waals surface area contributed by atoms with E-state index >= 15 is 0 Å². The van der Waals surface area contributed by atoms with Crippen molar-refractivity contribution in [3.63, 3.8) is 0 Å². The van der Waals surface area contributed by atoms with Crippen molar-refractivity contribution in [3.8, 4) is 0 Å². The summed E-state index contributed by atoms with van der Waals surface area (Å²) in [4.78, 5) is 14.3. The van der Waals surface area contributed by atoms with Crippen LogP contribution in [0.5, 0.6) is 0 Å². The van der Waals surface area contributed by atoms with Crippen molar-refractivity contribution in [2.24, 2.45) is 10.2 Å². The molecule has 1 aliphatic heterocycles. The van der Waals surface area contributed by atoms with E-state index in [9.17, 15) is 4.79 Å². The molecule has 0 saturated carbocycles. The first kappa shape index (κ1) is 14.4. The van der Waals surface area contributed by atoms with Crippen molar-refractivity contribution in [1.82, 2.24) is 4.90 Å². The van der Waals surface area contributed by atoms with E-state index in [0.29, 0.717) is 0 Å². The maximum absolute atomic E-state index is 12.4. The molecule has 2 aromatic rings. The van der Waals surface area contributed by atoms with Crippen molar-refractivity contribution in [2.75, 3.05) is 13.1 Å². The lowest BCUT2D eigenvalue weighted by Gasteiger charge is -2.26. The van der Waals surface area contributed by atoms with Crippen LogP contribution in [0.2, 0.25) is 0 Å². The Morgan fingerprint density at radius 1 is 0.773 bits per heavy atom. The van der Waals surface area contributed by atoms with Gasteiger partial charge < -0.3 is 4.90 Å². The Morgan fingerprint density at radius 3 is 2.00 bits per heavy atom. The summed E-state index contributed by atoms with van der Waals surface area (Å²) in [5.74, 6) is 0.117. The number of benzene rings is 2. The van der Waals surface area contributed by atoms with E-state index < -0.39 is 0 Å². The van der Waals surface area contributed by atoms with Crippen LogP contribution < -0.4 is 0 Å². The Bertz CT molecular complexity index is 644. The summed E-state index contributed by atoms with van der Waals surface area (Å²) < 4.78 is 0. The maximum atomic E-state index is 12.4. The van der Waals surface area contributed by atoms with Gasteiger partial charge in [-0.25, -0.2) is 0 Å². The maximum Gasteiger partial charge on any atom is 0.253 e. The lowest BCUT2D eigenvalue weighted by Crippen LogP contribution is -2.35. The van der Waals surface area contributed by atoms with E-state index in [1.54, 1.807) is 0 Å². The van der Waals surface area contributed by atoms with E-state index in [1.165, 1.54) is 6.42 Å². The molecule has 1 fully saturated rings. The van der Waals surface area contributed by atoms with Crippen LogP contribution in [0.4, 0.5) is 11.4 Å². The van der Waals surface area contributed by atoms with E-state index in [1.807, 2.05) is 59.5 Å². The first-order valence-electron chi connectivity index (χ1n) is 7.69. The quantitative estimate of drug-likeness (QED) is 0.755. The average molecular weight is 293 g/mol. The first-order chi connectivity index (χ1) is 10.8. The molecule has 1 amide bonds. The highest BCUT2D eigenvalue weighted by molar-refractivity contribution is 5.94. The standard InChI is InChI=1S/C18H19N3O/c22-18(21-13-5-2-6-14-21)15-9-11-17(12-10-15)20-19-16-7-3-1-4-8-16/h1,3-4,7-12H,2,5-6,13-14H2. The topological polar surface area (TPSA) is 45.0 Å². The molecule has 3 rings (SSSR count). The van der Waals surface area contributed by atoms with Crippen LogP contribution in [-0.4, -0.2) is 23.9 Å². The largest absolute Gasteiger partial charge is 0.339 e. The van der Waals surface area contributed by atoms with Gasteiger partial charge in [0.05, 0.1) is 11.4 Å². The predicted molar refractivity (Wildman–Crippen MR) is 86.8 cm³/mol. The fourth-order valence-corrected chi connectivity index (χ4v) is 2.56. The first-order valence-corrected chi connectivity index (χ1v) is 7.69.